The largest absolute Gasteiger partial charge is 0.494 e. The van der Waals surface area contributed by atoms with Crippen LogP contribution in [0.15, 0.2) is 48.5 Å². The predicted molar refractivity (Wildman–Crippen MR) is 77.8 cm³/mol. The molecule has 0 unspecified atom stereocenters. The molecule has 0 radical (unpaired) electrons. The van der Waals surface area contributed by atoms with Crippen molar-refractivity contribution in [1.29, 1.82) is 0 Å². The lowest BCUT2D eigenvalue weighted by Gasteiger charge is -2.02. The first kappa shape index (κ1) is 14.3. The molecule has 4 heteroatoms. The minimum absolute atomic E-state index is 0.111. The molecule has 0 aliphatic carbocycles. The van der Waals surface area contributed by atoms with Crippen molar-refractivity contribution in [3.63, 3.8) is 0 Å². The molecule has 0 spiro atoms. The van der Waals surface area contributed by atoms with E-state index in [-0.39, 0.29) is 17.1 Å². The van der Waals surface area contributed by atoms with Crippen molar-refractivity contribution in [1.82, 2.24) is 0 Å². The molecule has 2 aromatic carbocycles. The molecule has 0 aliphatic heterocycles. The lowest BCUT2D eigenvalue weighted by molar-refractivity contribution is 0.104. The first-order valence-corrected chi connectivity index (χ1v) is 6.29. The highest BCUT2D eigenvalue weighted by molar-refractivity contribution is 6.30. The minimum Gasteiger partial charge on any atom is -0.494 e. The molecule has 0 amide bonds. The zero-order chi connectivity index (χ0) is 14.5. The van der Waals surface area contributed by atoms with Crippen LogP contribution >= 0.6 is 11.6 Å². The van der Waals surface area contributed by atoms with Crippen LogP contribution in [-0.2, 0) is 0 Å². The summed E-state index contributed by atoms with van der Waals surface area (Å²) in [5.74, 6) is -0.735. The lowest BCUT2D eigenvalue weighted by Crippen LogP contribution is -1.97. The Hall–Kier alpha value is -2.13. The van der Waals surface area contributed by atoms with Gasteiger partial charge >= 0.3 is 0 Å². The molecule has 0 N–H and O–H groups in total. The summed E-state index contributed by atoms with van der Waals surface area (Å²) in [5, 5.41) is 0.593. The maximum Gasteiger partial charge on any atom is 0.185 e. The van der Waals surface area contributed by atoms with Crippen LogP contribution in [0.1, 0.15) is 15.9 Å². The van der Waals surface area contributed by atoms with Gasteiger partial charge in [0.1, 0.15) is 0 Å². The number of allylic oxidation sites excluding steroid dienone is 1. The molecule has 102 valence electrons. The number of methoxy groups -OCH3 is 1. The number of carbonyl (C=O) groups excluding carboxylic acids is 1. The fraction of sp³-hybridized carbons (Fsp3) is 0.0625. The number of ether oxygens (including phenoxy) is 1. The van der Waals surface area contributed by atoms with Gasteiger partial charge in [0, 0.05) is 10.6 Å². The van der Waals surface area contributed by atoms with E-state index < -0.39 is 5.82 Å². The van der Waals surface area contributed by atoms with Gasteiger partial charge in [0.25, 0.3) is 0 Å². The maximum atomic E-state index is 13.5. The molecule has 2 nitrogen and oxygen atoms in total. The van der Waals surface area contributed by atoms with Crippen LogP contribution in [0.4, 0.5) is 4.39 Å². The van der Waals surface area contributed by atoms with Crippen molar-refractivity contribution >= 4 is 23.5 Å². The molecule has 20 heavy (non-hydrogen) atoms. The quantitative estimate of drug-likeness (QED) is 0.617. The number of ketones is 1. The number of benzene rings is 2. The van der Waals surface area contributed by atoms with Crippen LogP contribution in [0.25, 0.3) is 6.08 Å². The Bertz CT molecular complexity index is 665. The Labute approximate surface area is 121 Å². The molecule has 0 saturated carbocycles. The highest BCUT2D eigenvalue weighted by Gasteiger charge is 2.07. The Morgan fingerprint density at radius 1 is 1.25 bits per heavy atom. The van der Waals surface area contributed by atoms with Gasteiger partial charge in [-0.2, -0.15) is 0 Å². The second-order valence-corrected chi connectivity index (χ2v) is 4.54. The van der Waals surface area contributed by atoms with Gasteiger partial charge in [0.05, 0.1) is 7.11 Å². The molecule has 0 aliphatic rings. The van der Waals surface area contributed by atoms with Gasteiger partial charge in [0.15, 0.2) is 17.3 Å². The topological polar surface area (TPSA) is 26.3 Å². The molecular weight excluding hydrogens is 279 g/mol. The van der Waals surface area contributed by atoms with Crippen molar-refractivity contribution < 1.29 is 13.9 Å². The Morgan fingerprint density at radius 2 is 2.05 bits per heavy atom. The molecule has 2 rings (SSSR count). The summed E-state index contributed by atoms with van der Waals surface area (Å²) >= 11 is 5.85. The van der Waals surface area contributed by atoms with Gasteiger partial charge in [-0.3, -0.25) is 4.79 Å². The van der Waals surface area contributed by atoms with E-state index in [0.717, 1.165) is 11.6 Å². The molecule has 2 aromatic rings. The van der Waals surface area contributed by atoms with E-state index in [9.17, 15) is 9.18 Å². The fourth-order valence-corrected chi connectivity index (χ4v) is 1.90. The van der Waals surface area contributed by atoms with Crippen LogP contribution < -0.4 is 4.74 Å². The molecule has 0 aromatic heterocycles. The van der Waals surface area contributed by atoms with Crippen molar-refractivity contribution in [2.45, 2.75) is 0 Å². The lowest BCUT2D eigenvalue weighted by atomic mass is 10.1. The van der Waals surface area contributed by atoms with Gasteiger partial charge in [-0.05, 0) is 42.0 Å². The zero-order valence-electron chi connectivity index (χ0n) is 10.8. The van der Waals surface area contributed by atoms with Gasteiger partial charge in [-0.1, -0.05) is 29.8 Å². The molecule has 0 fully saturated rings. The summed E-state index contributed by atoms with van der Waals surface area (Å²) in [6.07, 6.45) is 3.02. The van der Waals surface area contributed by atoms with Crippen LogP contribution in [0.5, 0.6) is 5.75 Å². The minimum atomic E-state index is -0.561. The van der Waals surface area contributed by atoms with Crippen LogP contribution in [-0.4, -0.2) is 12.9 Å². The maximum absolute atomic E-state index is 13.5. The summed E-state index contributed by atoms with van der Waals surface area (Å²) in [4.78, 5) is 11.9. The van der Waals surface area contributed by atoms with E-state index in [4.69, 9.17) is 16.3 Å². The Balaban J connectivity index is 2.18. The number of halogens is 2. The number of hydrogen-bond donors (Lipinski definition) is 0. The smallest absolute Gasteiger partial charge is 0.185 e. The number of carbonyl (C=O) groups is 1. The standard InChI is InChI=1S/C16H12ClFO2/c1-20-16-8-6-12(10-14(16)18)15(19)7-5-11-3-2-4-13(17)9-11/h2-10H,1H3/b7-5+. The first-order chi connectivity index (χ1) is 9.60. The second-order valence-electron chi connectivity index (χ2n) is 4.10. The van der Waals surface area contributed by atoms with E-state index in [1.54, 1.807) is 24.3 Å². The van der Waals surface area contributed by atoms with E-state index in [2.05, 4.69) is 0 Å². The van der Waals surface area contributed by atoms with Crippen LogP contribution in [0.2, 0.25) is 5.02 Å². The predicted octanol–water partition coefficient (Wildman–Crippen LogP) is 4.38. The summed E-state index contributed by atoms with van der Waals surface area (Å²) in [6, 6.07) is 11.2. The highest BCUT2D eigenvalue weighted by atomic mass is 35.5. The molecular formula is C16H12ClFO2. The summed E-state index contributed by atoms with van der Waals surface area (Å²) in [7, 11) is 1.37. The van der Waals surface area contributed by atoms with Crippen molar-refractivity contribution in [2.24, 2.45) is 0 Å². The molecule has 0 bridgehead atoms. The number of hydrogen-bond acceptors (Lipinski definition) is 2. The van der Waals surface area contributed by atoms with E-state index >= 15 is 0 Å². The van der Waals surface area contributed by atoms with Gasteiger partial charge in [-0.15, -0.1) is 0 Å². The van der Waals surface area contributed by atoms with Gasteiger partial charge in [0.2, 0.25) is 0 Å². The molecule has 0 atom stereocenters. The number of rotatable bonds is 4. The SMILES string of the molecule is COc1ccc(C(=O)/C=C/c2cccc(Cl)c2)cc1F. The van der Waals surface area contributed by atoms with E-state index in [0.29, 0.717) is 5.02 Å². The summed E-state index contributed by atoms with van der Waals surface area (Å²) < 4.78 is 18.3. The average molecular weight is 291 g/mol. The zero-order valence-corrected chi connectivity index (χ0v) is 11.5. The average Bonchev–Trinajstić information content (AvgIpc) is 2.44. The van der Waals surface area contributed by atoms with Crippen LogP contribution in [0, 0.1) is 5.82 Å². The van der Waals surface area contributed by atoms with Crippen molar-refractivity contribution in [3.8, 4) is 5.75 Å². The Kier molecular flexibility index (Phi) is 4.53. The fourth-order valence-electron chi connectivity index (χ4n) is 1.70. The van der Waals surface area contributed by atoms with Crippen LogP contribution in [0.3, 0.4) is 0 Å². The summed E-state index contributed by atoms with van der Waals surface area (Å²) in [6.45, 7) is 0. The van der Waals surface area contributed by atoms with E-state index in [1.165, 1.54) is 25.3 Å². The van der Waals surface area contributed by atoms with Crippen molar-refractivity contribution in [2.75, 3.05) is 7.11 Å². The second kappa shape index (κ2) is 6.35. The summed E-state index contributed by atoms with van der Waals surface area (Å²) in [5.41, 5.74) is 1.07. The third-order valence-corrected chi connectivity index (χ3v) is 2.95. The third-order valence-electron chi connectivity index (χ3n) is 2.71. The highest BCUT2D eigenvalue weighted by Crippen LogP contribution is 2.18. The molecule has 0 heterocycles. The Morgan fingerprint density at radius 3 is 2.70 bits per heavy atom. The van der Waals surface area contributed by atoms with Gasteiger partial charge in [-0.25, -0.2) is 4.39 Å². The monoisotopic (exact) mass is 290 g/mol. The first-order valence-electron chi connectivity index (χ1n) is 5.91. The van der Waals surface area contributed by atoms with Gasteiger partial charge < -0.3 is 4.74 Å². The molecule has 0 saturated heterocycles. The normalized spacial score (nSPS) is 10.8. The third kappa shape index (κ3) is 3.45. The van der Waals surface area contributed by atoms with E-state index in [1.807, 2.05) is 6.07 Å². The van der Waals surface area contributed by atoms with Crippen molar-refractivity contribution in [3.05, 3.63) is 70.5 Å².